The zero-order valence-corrected chi connectivity index (χ0v) is 20.9. The van der Waals surface area contributed by atoms with Crippen LogP contribution in [0.1, 0.15) is 67.5 Å². The van der Waals surface area contributed by atoms with Gasteiger partial charge >= 0.3 is 12.1 Å². The van der Waals surface area contributed by atoms with Gasteiger partial charge in [0.05, 0.1) is 16.6 Å². The molecule has 5 rings (SSSR count). The first-order valence-corrected chi connectivity index (χ1v) is 12.9. The van der Waals surface area contributed by atoms with Crippen molar-refractivity contribution in [3.05, 3.63) is 57.9 Å². The third-order valence-corrected chi connectivity index (χ3v) is 8.40. The number of halogens is 4. The molecule has 1 spiro atoms. The Balaban J connectivity index is 1.27. The summed E-state index contributed by atoms with van der Waals surface area (Å²) in [5, 5.41) is 9.86. The zero-order valence-electron chi connectivity index (χ0n) is 20.2. The number of nitrogens with zero attached hydrogens (tertiary/aromatic N) is 2. The standard InChI is InChI=1S/C27H30ClF3N2O3/c1-16(25(34)35)24(18-3-4-18)19-5-2-17-8-9-26(36-22(17)14-19)10-12-33(13-11-26)15-21-20(28)6-7-23(32-21)27(29,30)31/h2,5-7,14,16,18,24H,3-4,8-13,15H2,1H3,(H,34,35)/t16-,24?/m0/s1. The number of hydrogen-bond donors (Lipinski definition) is 1. The van der Waals surface area contributed by atoms with Gasteiger partial charge in [0, 0.05) is 19.6 Å². The van der Waals surface area contributed by atoms with Crippen LogP contribution in [-0.2, 0) is 23.9 Å². The SMILES string of the molecule is C[C@H](C(=O)O)C(c1ccc2c(c1)OC1(CC2)CCN(Cc2nc(C(F)(F)F)ccc2Cl)CC1)C1CC1. The molecule has 3 aliphatic rings. The number of aromatic nitrogens is 1. The van der Waals surface area contributed by atoms with Gasteiger partial charge in [-0.3, -0.25) is 9.69 Å². The summed E-state index contributed by atoms with van der Waals surface area (Å²) in [7, 11) is 0. The molecule has 1 saturated carbocycles. The predicted molar refractivity (Wildman–Crippen MR) is 129 cm³/mol. The van der Waals surface area contributed by atoms with Gasteiger partial charge in [-0.2, -0.15) is 13.2 Å². The van der Waals surface area contributed by atoms with E-state index < -0.39 is 23.8 Å². The van der Waals surface area contributed by atoms with Crippen molar-refractivity contribution < 1.29 is 27.8 Å². The molecule has 1 aromatic heterocycles. The van der Waals surface area contributed by atoms with Crippen molar-refractivity contribution >= 4 is 17.6 Å². The Morgan fingerprint density at radius 2 is 1.94 bits per heavy atom. The lowest BCUT2D eigenvalue weighted by Gasteiger charge is -2.45. The molecule has 2 aliphatic heterocycles. The van der Waals surface area contributed by atoms with E-state index in [9.17, 15) is 23.1 Å². The van der Waals surface area contributed by atoms with Crippen LogP contribution in [0.4, 0.5) is 13.2 Å². The predicted octanol–water partition coefficient (Wildman–Crippen LogP) is 6.33. The maximum absolute atomic E-state index is 13.1. The highest BCUT2D eigenvalue weighted by Gasteiger charge is 2.42. The van der Waals surface area contributed by atoms with Gasteiger partial charge in [-0.15, -0.1) is 0 Å². The van der Waals surface area contributed by atoms with Gasteiger partial charge in [0.2, 0.25) is 0 Å². The van der Waals surface area contributed by atoms with Crippen LogP contribution in [0.3, 0.4) is 0 Å². The van der Waals surface area contributed by atoms with Gasteiger partial charge in [0.25, 0.3) is 0 Å². The summed E-state index contributed by atoms with van der Waals surface area (Å²) in [6.07, 6.45) is 0.895. The number of piperidine rings is 1. The number of fused-ring (bicyclic) bond motifs is 1. The number of carbonyl (C=O) groups is 1. The molecule has 36 heavy (non-hydrogen) atoms. The average molecular weight is 523 g/mol. The normalized spacial score (nSPS) is 21.5. The molecule has 2 aromatic rings. The van der Waals surface area contributed by atoms with Gasteiger partial charge in [-0.25, -0.2) is 4.98 Å². The number of likely N-dealkylation sites (tertiary alicyclic amines) is 1. The Morgan fingerprint density at radius 1 is 1.22 bits per heavy atom. The number of rotatable bonds is 6. The minimum absolute atomic E-state index is 0.0131. The van der Waals surface area contributed by atoms with Gasteiger partial charge in [-0.1, -0.05) is 30.7 Å². The van der Waals surface area contributed by atoms with E-state index in [2.05, 4.69) is 28.1 Å². The number of ether oxygens (including phenoxy) is 1. The van der Waals surface area contributed by atoms with E-state index in [4.69, 9.17) is 16.3 Å². The molecule has 9 heteroatoms. The lowest BCUT2D eigenvalue weighted by molar-refractivity contribution is -0.142. The molecule has 1 saturated heterocycles. The van der Waals surface area contributed by atoms with Crippen molar-refractivity contribution in [1.29, 1.82) is 0 Å². The van der Waals surface area contributed by atoms with Crippen molar-refractivity contribution in [2.75, 3.05) is 13.1 Å². The monoisotopic (exact) mass is 522 g/mol. The summed E-state index contributed by atoms with van der Waals surface area (Å²) in [4.78, 5) is 17.6. The summed E-state index contributed by atoms with van der Waals surface area (Å²) in [5.41, 5.74) is 1.16. The van der Waals surface area contributed by atoms with Crippen molar-refractivity contribution in [3.8, 4) is 5.75 Å². The number of benzene rings is 1. The van der Waals surface area contributed by atoms with Crippen LogP contribution < -0.4 is 4.74 Å². The second kappa shape index (κ2) is 9.53. The minimum Gasteiger partial charge on any atom is -0.487 e. The Labute approximate surface area is 213 Å². The number of carboxylic acids is 1. The fourth-order valence-corrected chi connectivity index (χ4v) is 5.91. The number of carboxylic acid groups (broad SMARTS) is 1. The van der Waals surface area contributed by atoms with E-state index in [0.717, 1.165) is 61.5 Å². The molecule has 2 fully saturated rings. The van der Waals surface area contributed by atoms with Gasteiger partial charge in [0.15, 0.2) is 0 Å². The van der Waals surface area contributed by atoms with Crippen LogP contribution in [0.2, 0.25) is 5.02 Å². The van der Waals surface area contributed by atoms with E-state index in [1.807, 2.05) is 0 Å². The second-order valence-corrected chi connectivity index (χ2v) is 10.9. The third-order valence-electron chi connectivity index (χ3n) is 8.06. The first kappa shape index (κ1) is 25.3. The van der Waals surface area contributed by atoms with Crippen molar-refractivity contribution in [1.82, 2.24) is 9.88 Å². The highest BCUT2D eigenvalue weighted by Crippen LogP contribution is 2.49. The molecule has 2 atom stereocenters. The highest BCUT2D eigenvalue weighted by atomic mass is 35.5. The van der Waals surface area contributed by atoms with Gasteiger partial charge in [-0.05, 0) is 79.7 Å². The summed E-state index contributed by atoms with van der Waals surface area (Å²) >= 11 is 6.15. The maximum atomic E-state index is 13.1. The maximum Gasteiger partial charge on any atom is 0.433 e. The van der Waals surface area contributed by atoms with Crippen LogP contribution in [0.15, 0.2) is 30.3 Å². The molecule has 1 aromatic carbocycles. The average Bonchev–Trinajstić information content (AvgIpc) is 3.66. The fraction of sp³-hybridized carbons (Fsp3) is 0.556. The van der Waals surface area contributed by atoms with Crippen LogP contribution >= 0.6 is 11.6 Å². The van der Waals surface area contributed by atoms with Gasteiger partial charge in [0.1, 0.15) is 17.0 Å². The molecule has 0 amide bonds. The topological polar surface area (TPSA) is 62.7 Å². The zero-order chi connectivity index (χ0) is 25.7. The Hall–Kier alpha value is -2.32. The van der Waals surface area contributed by atoms with E-state index in [1.165, 1.54) is 6.07 Å². The first-order chi connectivity index (χ1) is 17.0. The summed E-state index contributed by atoms with van der Waals surface area (Å²) < 4.78 is 45.9. The molecule has 5 nitrogen and oxygen atoms in total. The molecule has 1 unspecified atom stereocenters. The molecule has 3 heterocycles. The minimum atomic E-state index is -4.51. The van der Waals surface area contributed by atoms with Crippen LogP contribution in [0, 0.1) is 11.8 Å². The van der Waals surface area contributed by atoms with Crippen molar-refractivity contribution in [2.24, 2.45) is 11.8 Å². The number of pyridine rings is 1. The summed E-state index contributed by atoms with van der Waals surface area (Å²) in [6, 6.07) is 8.37. The molecule has 1 aliphatic carbocycles. The summed E-state index contributed by atoms with van der Waals surface area (Å²) in [6.45, 7) is 3.39. The Kier molecular flexibility index (Phi) is 6.70. The molecule has 1 N–H and O–H groups in total. The van der Waals surface area contributed by atoms with Crippen molar-refractivity contribution in [2.45, 2.75) is 69.7 Å². The number of aryl methyl sites for hydroxylation is 1. The summed E-state index contributed by atoms with van der Waals surface area (Å²) in [5.74, 6) is 0.0162. The highest BCUT2D eigenvalue weighted by molar-refractivity contribution is 6.31. The fourth-order valence-electron chi connectivity index (χ4n) is 5.74. The van der Waals surface area contributed by atoms with E-state index in [0.29, 0.717) is 19.0 Å². The number of aliphatic carboxylic acids is 1. The lowest BCUT2D eigenvalue weighted by Crippen LogP contribution is -2.49. The molecular weight excluding hydrogens is 493 g/mol. The molecule has 194 valence electrons. The van der Waals surface area contributed by atoms with Crippen LogP contribution in [0.25, 0.3) is 0 Å². The van der Waals surface area contributed by atoms with Crippen molar-refractivity contribution in [3.63, 3.8) is 0 Å². The Bertz CT molecular complexity index is 1140. The van der Waals surface area contributed by atoms with Crippen LogP contribution in [0.5, 0.6) is 5.75 Å². The van der Waals surface area contributed by atoms with E-state index >= 15 is 0 Å². The van der Waals surface area contributed by atoms with Gasteiger partial charge < -0.3 is 9.84 Å². The second-order valence-electron chi connectivity index (χ2n) is 10.5. The largest absolute Gasteiger partial charge is 0.487 e. The smallest absolute Gasteiger partial charge is 0.433 e. The lowest BCUT2D eigenvalue weighted by atomic mass is 9.80. The third kappa shape index (κ3) is 5.21. The van der Waals surface area contributed by atoms with E-state index in [-0.39, 0.29) is 28.8 Å². The molecular formula is C27H30ClF3N2O3. The number of hydrogen-bond acceptors (Lipinski definition) is 4. The van der Waals surface area contributed by atoms with E-state index in [1.54, 1.807) is 6.92 Å². The quantitative estimate of drug-likeness (QED) is 0.480. The Morgan fingerprint density at radius 3 is 2.58 bits per heavy atom. The molecule has 0 radical (unpaired) electrons. The number of alkyl halides is 3. The first-order valence-electron chi connectivity index (χ1n) is 12.5. The van der Waals surface area contributed by atoms with Crippen LogP contribution in [-0.4, -0.2) is 39.7 Å². The molecule has 0 bridgehead atoms.